The first-order chi connectivity index (χ1) is 12.4. The predicted molar refractivity (Wildman–Crippen MR) is 104 cm³/mol. The van der Waals surface area contributed by atoms with Crippen molar-refractivity contribution >= 4 is 6.29 Å². The van der Waals surface area contributed by atoms with E-state index in [0.29, 0.717) is 6.61 Å². The number of unbranched alkanes of at least 4 members (excludes halogenated alkanes) is 7. The van der Waals surface area contributed by atoms with E-state index in [1.165, 1.54) is 50.2 Å². The van der Waals surface area contributed by atoms with Gasteiger partial charge in [0.05, 0.1) is 12.9 Å². The van der Waals surface area contributed by atoms with Gasteiger partial charge in [0.15, 0.2) is 0 Å². The van der Waals surface area contributed by atoms with Gasteiger partial charge in [0.1, 0.15) is 6.29 Å². The van der Waals surface area contributed by atoms with Gasteiger partial charge in [-0.05, 0) is 36.5 Å². The van der Waals surface area contributed by atoms with Crippen molar-refractivity contribution < 1.29 is 14.6 Å². The fraction of sp³-hybridized carbons (Fsp3) is 0.500. The quantitative estimate of drug-likeness (QED) is 0.141. The van der Waals surface area contributed by atoms with Crippen LogP contribution in [0.5, 0.6) is 0 Å². The normalized spacial score (nSPS) is 11.9. The Hall–Kier alpha value is -1.87. The third-order valence-electron chi connectivity index (χ3n) is 4.17. The fourth-order valence-corrected chi connectivity index (χ4v) is 2.71. The zero-order valence-electron chi connectivity index (χ0n) is 15.2. The van der Waals surface area contributed by atoms with E-state index in [2.05, 4.69) is 12.1 Å². The minimum absolute atomic E-state index is 0.715. The second-order valence-corrected chi connectivity index (χ2v) is 6.32. The van der Waals surface area contributed by atoms with Crippen LogP contribution in [0.15, 0.2) is 54.3 Å². The molecule has 0 heterocycles. The second-order valence-electron chi connectivity index (χ2n) is 6.32. The number of aldehydes is 1. The van der Waals surface area contributed by atoms with Crippen LogP contribution in [0.1, 0.15) is 63.4 Å². The number of ether oxygens (including phenoxy) is 1. The molecule has 138 valence electrons. The van der Waals surface area contributed by atoms with Crippen molar-refractivity contribution in [2.45, 2.75) is 64.4 Å². The van der Waals surface area contributed by atoms with Crippen LogP contribution in [-0.2, 0) is 16.1 Å². The summed E-state index contributed by atoms with van der Waals surface area (Å²) < 4.78 is 5.69. The molecule has 1 aromatic rings. The summed E-state index contributed by atoms with van der Waals surface area (Å²) in [4.78, 5) is 10.2. The molecule has 25 heavy (non-hydrogen) atoms. The minimum atomic E-state index is 0.715. The Bertz CT molecular complexity index is 491. The van der Waals surface area contributed by atoms with Crippen LogP contribution < -0.4 is 0 Å². The Morgan fingerprint density at radius 2 is 1.56 bits per heavy atom. The lowest BCUT2D eigenvalue weighted by atomic mass is 10.0. The average Bonchev–Trinajstić information content (AvgIpc) is 2.66. The zero-order valence-corrected chi connectivity index (χ0v) is 15.2. The number of carbonyl (C=O) groups is 1. The van der Waals surface area contributed by atoms with Gasteiger partial charge in [0.2, 0.25) is 0 Å². The van der Waals surface area contributed by atoms with Crippen molar-refractivity contribution in [3.63, 3.8) is 0 Å². The number of hydrogen-bond acceptors (Lipinski definition) is 3. The molecule has 0 radical (unpaired) electrons. The van der Waals surface area contributed by atoms with E-state index in [-0.39, 0.29) is 0 Å². The molecule has 3 heteroatoms. The van der Waals surface area contributed by atoms with E-state index in [4.69, 9.17) is 9.84 Å². The van der Waals surface area contributed by atoms with E-state index >= 15 is 0 Å². The molecule has 1 N–H and O–H groups in total. The van der Waals surface area contributed by atoms with Gasteiger partial charge in [-0.1, -0.05) is 74.9 Å². The van der Waals surface area contributed by atoms with Crippen molar-refractivity contribution in [3.8, 4) is 0 Å². The van der Waals surface area contributed by atoms with Gasteiger partial charge in [-0.2, -0.15) is 0 Å². The highest BCUT2D eigenvalue weighted by Crippen LogP contribution is 2.13. The van der Waals surface area contributed by atoms with Gasteiger partial charge in [0, 0.05) is 6.61 Å². The van der Waals surface area contributed by atoms with Crippen molar-refractivity contribution in [2.24, 2.45) is 0 Å². The lowest BCUT2D eigenvalue weighted by Gasteiger charge is -2.05. The Kier molecular flexibility index (Phi) is 13.3. The maximum absolute atomic E-state index is 10.2. The maximum Gasteiger partial charge on any atom is 0.142 e. The largest absolute Gasteiger partial charge is 0.515 e. The summed E-state index contributed by atoms with van der Waals surface area (Å²) in [6.45, 7) is 1.56. The lowest BCUT2D eigenvalue weighted by Crippen LogP contribution is -1.95. The Labute approximate surface area is 152 Å². The van der Waals surface area contributed by atoms with Crippen LogP contribution in [0.25, 0.3) is 0 Å². The summed E-state index contributed by atoms with van der Waals surface area (Å²) in [5.74, 6) is 0. The van der Waals surface area contributed by atoms with Crippen LogP contribution in [0.3, 0.4) is 0 Å². The van der Waals surface area contributed by atoms with Crippen molar-refractivity contribution in [1.82, 2.24) is 0 Å². The van der Waals surface area contributed by atoms with E-state index < -0.39 is 0 Å². The third kappa shape index (κ3) is 12.2. The summed E-state index contributed by atoms with van der Waals surface area (Å²) in [7, 11) is 0. The monoisotopic (exact) mass is 344 g/mol. The predicted octanol–water partition coefficient (Wildman–Crippen LogP) is 5.91. The first kappa shape index (κ1) is 21.2. The molecule has 0 aliphatic carbocycles. The Balaban J connectivity index is 1.84. The molecular formula is C22H32O3. The van der Waals surface area contributed by atoms with Crippen LogP contribution in [0, 0.1) is 0 Å². The first-order valence-corrected chi connectivity index (χ1v) is 9.43. The molecule has 3 nitrogen and oxygen atoms in total. The van der Waals surface area contributed by atoms with Crippen LogP contribution in [-0.4, -0.2) is 18.0 Å². The number of carbonyl (C=O) groups excluding carboxylic acids is 1. The highest BCUT2D eigenvalue weighted by Gasteiger charge is 1.96. The number of rotatable bonds is 15. The summed E-state index contributed by atoms with van der Waals surface area (Å²) in [5, 5.41) is 9.04. The fourth-order valence-electron chi connectivity index (χ4n) is 2.71. The molecule has 0 spiro atoms. The van der Waals surface area contributed by atoms with Gasteiger partial charge in [-0.15, -0.1) is 0 Å². The molecule has 0 amide bonds. The smallest absolute Gasteiger partial charge is 0.142 e. The maximum atomic E-state index is 10.2. The SMILES string of the molecule is O=CC=CC(=CO)CCCCCCCCCCOCc1ccccc1. The standard InChI is InChI=1S/C22H32O3/c23-17-12-16-21(19-24)13-8-5-3-1-2-4-6-11-18-25-20-22-14-9-7-10-15-22/h7,9-10,12,14-17,19,24H,1-6,8,11,13,18,20H2. The molecule has 0 saturated heterocycles. The Morgan fingerprint density at radius 1 is 0.920 bits per heavy atom. The lowest BCUT2D eigenvalue weighted by molar-refractivity contribution is -0.104. The molecule has 0 saturated carbocycles. The van der Waals surface area contributed by atoms with Crippen molar-refractivity contribution in [2.75, 3.05) is 6.61 Å². The summed E-state index contributed by atoms with van der Waals surface area (Å²) in [5.41, 5.74) is 2.06. The summed E-state index contributed by atoms with van der Waals surface area (Å²) >= 11 is 0. The van der Waals surface area contributed by atoms with Crippen molar-refractivity contribution in [3.05, 3.63) is 59.9 Å². The molecule has 0 fully saturated rings. The molecule has 0 unspecified atom stereocenters. The van der Waals surface area contributed by atoms with E-state index in [9.17, 15) is 4.79 Å². The van der Waals surface area contributed by atoms with Gasteiger partial charge in [-0.25, -0.2) is 0 Å². The molecule has 1 rings (SSSR count). The van der Waals surface area contributed by atoms with Crippen LogP contribution in [0.4, 0.5) is 0 Å². The molecule has 0 aliphatic rings. The number of aliphatic hydroxyl groups excluding tert-OH is 1. The zero-order chi connectivity index (χ0) is 18.0. The average molecular weight is 344 g/mol. The van der Waals surface area contributed by atoms with Gasteiger partial charge in [-0.3, -0.25) is 4.79 Å². The summed E-state index contributed by atoms with van der Waals surface area (Å²) in [6.07, 6.45) is 15.4. The van der Waals surface area contributed by atoms with Gasteiger partial charge >= 0.3 is 0 Å². The van der Waals surface area contributed by atoms with Crippen LogP contribution in [0.2, 0.25) is 0 Å². The molecule has 0 bridgehead atoms. The van der Waals surface area contributed by atoms with E-state index in [0.717, 1.165) is 44.0 Å². The molecular weight excluding hydrogens is 312 g/mol. The number of hydrogen-bond donors (Lipinski definition) is 1. The number of aliphatic hydroxyl groups is 1. The third-order valence-corrected chi connectivity index (χ3v) is 4.17. The highest BCUT2D eigenvalue weighted by molar-refractivity contribution is 5.65. The van der Waals surface area contributed by atoms with Crippen LogP contribution >= 0.6 is 0 Å². The highest BCUT2D eigenvalue weighted by atomic mass is 16.5. The molecule has 0 atom stereocenters. The van der Waals surface area contributed by atoms with Gasteiger partial charge in [0.25, 0.3) is 0 Å². The van der Waals surface area contributed by atoms with E-state index in [1.54, 1.807) is 6.08 Å². The first-order valence-electron chi connectivity index (χ1n) is 9.43. The van der Waals surface area contributed by atoms with Gasteiger partial charge < -0.3 is 9.84 Å². The second kappa shape index (κ2) is 15.6. The van der Waals surface area contributed by atoms with E-state index in [1.807, 2.05) is 18.2 Å². The molecule has 0 aliphatic heterocycles. The molecule has 0 aromatic heterocycles. The number of allylic oxidation sites excluding steroid dienone is 3. The summed E-state index contributed by atoms with van der Waals surface area (Å²) in [6, 6.07) is 10.3. The topological polar surface area (TPSA) is 46.5 Å². The minimum Gasteiger partial charge on any atom is -0.515 e. The van der Waals surface area contributed by atoms with Crippen molar-refractivity contribution in [1.29, 1.82) is 0 Å². The number of benzene rings is 1. The Morgan fingerprint density at radius 3 is 2.20 bits per heavy atom. The molecule has 1 aromatic carbocycles.